The molecular weight excluding hydrogens is 571 g/mol. The minimum Gasteiger partial charge on any atom is -0.445 e. The van der Waals surface area contributed by atoms with Crippen molar-refractivity contribution in [3.63, 3.8) is 0 Å². The number of fused-ring (bicyclic) bond motifs is 2. The molecule has 11 heteroatoms. The highest BCUT2D eigenvalue weighted by atomic mass is 32.2. The van der Waals surface area contributed by atoms with E-state index >= 15 is 0 Å². The molecule has 1 atom stereocenters. The second-order valence-electron chi connectivity index (χ2n) is 9.10. The van der Waals surface area contributed by atoms with Crippen LogP contribution in [0.15, 0.2) is 84.9 Å². The van der Waals surface area contributed by atoms with E-state index < -0.39 is 51.5 Å². The Hall–Kier alpha value is -4.17. The molecule has 0 N–H and O–H groups in total. The first-order valence-corrected chi connectivity index (χ1v) is 14.1. The molecule has 0 bridgehead atoms. The number of hydrogen-bond acceptors (Lipinski definition) is 1. The zero-order chi connectivity index (χ0) is 29.9. The smallest absolute Gasteiger partial charge is 0.445 e. The van der Waals surface area contributed by atoms with Crippen LogP contribution in [0.4, 0.5) is 34.9 Å². The van der Waals surface area contributed by atoms with Crippen LogP contribution in [-0.4, -0.2) is 13.2 Å². The van der Waals surface area contributed by atoms with Gasteiger partial charge in [0.1, 0.15) is 17.9 Å². The van der Waals surface area contributed by atoms with E-state index in [0.29, 0.717) is 5.75 Å². The molecule has 5 rings (SSSR count). The maximum absolute atomic E-state index is 13.2. The summed E-state index contributed by atoms with van der Waals surface area (Å²) in [5, 5.41) is 7.69. The molecule has 0 aliphatic rings. The van der Waals surface area contributed by atoms with Crippen molar-refractivity contribution in [1.82, 2.24) is 0 Å². The molecule has 0 saturated heterocycles. The fourth-order valence-corrected chi connectivity index (χ4v) is 5.44. The molecule has 0 aliphatic heterocycles. The molecule has 0 aromatic heterocycles. The molecule has 5 aromatic carbocycles. The van der Waals surface area contributed by atoms with Gasteiger partial charge in [-0.05, 0) is 51.1 Å². The third-order valence-electron chi connectivity index (χ3n) is 6.06. The predicted molar refractivity (Wildman–Crippen MR) is 147 cm³/mol. The van der Waals surface area contributed by atoms with Gasteiger partial charge in [-0.1, -0.05) is 70.9 Å². The van der Waals surface area contributed by atoms with E-state index in [4.69, 9.17) is 0 Å². The van der Waals surface area contributed by atoms with Crippen LogP contribution >= 0.6 is 0 Å². The Morgan fingerprint density at radius 2 is 1.10 bits per heavy atom. The van der Waals surface area contributed by atoms with Crippen LogP contribution in [0.2, 0.25) is 0 Å². The van der Waals surface area contributed by atoms with Crippen molar-refractivity contribution >= 4 is 43.9 Å². The van der Waals surface area contributed by atoms with E-state index in [-0.39, 0.29) is 0 Å². The van der Waals surface area contributed by atoms with Crippen LogP contribution in [0, 0.1) is 40.3 Å². The number of benzene rings is 5. The predicted octanol–water partition coefficient (Wildman–Crippen LogP) is 8.07. The van der Waals surface area contributed by atoms with E-state index in [1.165, 1.54) is 10.8 Å². The molecule has 41 heavy (non-hydrogen) atoms. The van der Waals surface area contributed by atoms with Gasteiger partial charge in [0.2, 0.25) is 0 Å². The van der Waals surface area contributed by atoms with Gasteiger partial charge in [-0.2, -0.15) is 0 Å². The Kier molecular flexibility index (Phi) is 8.54. The van der Waals surface area contributed by atoms with Gasteiger partial charge < -0.3 is 12.9 Å². The molecule has 0 radical (unpaired) electrons. The average Bonchev–Trinajstić information content (AvgIpc) is 2.94. The Morgan fingerprint density at radius 3 is 1.59 bits per heavy atom. The summed E-state index contributed by atoms with van der Waals surface area (Å²) < 4.78 is 111. The maximum Gasteiger partial charge on any atom is 0.515 e. The Morgan fingerprint density at radius 1 is 0.659 bits per heavy atom. The molecule has 1 nitrogen and oxygen atoms in total. The average molecular weight is 590 g/mol. The summed E-state index contributed by atoms with van der Waals surface area (Å²) in [6.07, 6.45) is 1.76. The Balaban J connectivity index is 0.000000221. The monoisotopic (exact) mass is 590 g/mol. The van der Waals surface area contributed by atoms with Gasteiger partial charge >= 0.3 is 6.98 Å². The largest absolute Gasteiger partial charge is 0.515 e. The highest BCUT2D eigenvalue weighted by Gasteiger charge is 2.37. The lowest BCUT2D eigenvalue weighted by Gasteiger charge is -2.17. The van der Waals surface area contributed by atoms with Crippen LogP contribution in [0.25, 0.3) is 21.5 Å². The fourth-order valence-electron chi connectivity index (χ4n) is 4.17. The van der Waals surface area contributed by atoms with Crippen molar-refractivity contribution in [2.24, 2.45) is 0 Å². The quantitative estimate of drug-likeness (QED) is 0.0395. The molecule has 1 unspecified atom stereocenters. The lowest BCUT2D eigenvalue weighted by atomic mass is 9.79. The fraction of sp³-hybridized carbons (Fsp3) is 0.0667. The number of rotatable bonds is 3. The minimum atomic E-state index is -6.30. The third-order valence-corrected chi connectivity index (χ3v) is 7.43. The zero-order valence-corrected chi connectivity index (χ0v) is 22.0. The van der Waals surface area contributed by atoms with Gasteiger partial charge in [0.25, 0.3) is 0 Å². The molecule has 210 valence electrons. The molecule has 0 fully saturated rings. The summed E-state index contributed by atoms with van der Waals surface area (Å²) in [4.78, 5) is 0. The first-order chi connectivity index (χ1) is 19.3. The topological polar surface area (TPSA) is 17.1 Å². The molecule has 0 saturated carbocycles. The van der Waals surface area contributed by atoms with Gasteiger partial charge in [0.05, 0.1) is 0 Å². The molecule has 5 aromatic rings. The maximum atomic E-state index is 13.2. The first kappa shape index (κ1) is 29.8. The van der Waals surface area contributed by atoms with Crippen LogP contribution in [0.5, 0.6) is 0 Å². The van der Waals surface area contributed by atoms with Gasteiger partial charge in [-0.3, -0.25) is 0 Å². The van der Waals surface area contributed by atoms with Crippen molar-refractivity contribution in [2.45, 2.75) is 5.75 Å². The normalized spacial score (nSPS) is 12.7. The van der Waals surface area contributed by atoms with E-state index in [1.807, 2.05) is 54.6 Å². The van der Waals surface area contributed by atoms with E-state index in [1.54, 1.807) is 6.26 Å². The van der Waals surface area contributed by atoms with Crippen LogP contribution in [0.1, 0.15) is 11.1 Å². The van der Waals surface area contributed by atoms with Crippen molar-refractivity contribution < 1.29 is 39.1 Å². The Labute approximate surface area is 231 Å². The van der Waals surface area contributed by atoms with Gasteiger partial charge in [-0.25, -0.2) is 22.0 Å². The standard InChI is InChI=1S/C24H19OS.C6BF8/c1-26(25,16-15-19-9-3-2-4-10-19)18-24-22-13-7-5-11-20(22)17-21-12-6-8-14-23(21)24;8-2-1(7(13,14)15)3(9)5(11)6(12)4(2)10/h2-14,17H,18H2,1H3;/q+1;-1. The zero-order valence-electron chi connectivity index (χ0n) is 21.2. The third kappa shape index (κ3) is 6.60. The second kappa shape index (κ2) is 11.7. The lowest BCUT2D eigenvalue weighted by Crippen LogP contribution is -2.41. The summed E-state index contributed by atoms with van der Waals surface area (Å²) in [6, 6.07) is 28.5. The second-order valence-corrected chi connectivity index (χ2v) is 11.6. The number of hydrogen-bond donors (Lipinski definition) is 0. The molecule has 0 amide bonds. The van der Waals surface area contributed by atoms with Gasteiger partial charge in [0.15, 0.2) is 38.4 Å². The summed E-state index contributed by atoms with van der Waals surface area (Å²) in [5.74, 6) is -10.0. The minimum absolute atomic E-state index is 0.453. The highest BCUT2D eigenvalue weighted by Crippen LogP contribution is 2.31. The van der Waals surface area contributed by atoms with Crippen LogP contribution in [-0.2, 0) is 19.9 Å². The van der Waals surface area contributed by atoms with Crippen molar-refractivity contribution in [1.29, 1.82) is 0 Å². The van der Waals surface area contributed by atoms with Crippen molar-refractivity contribution in [2.75, 3.05) is 6.26 Å². The van der Waals surface area contributed by atoms with Crippen LogP contribution in [0.3, 0.4) is 0 Å². The first-order valence-electron chi connectivity index (χ1n) is 12.0. The van der Waals surface area contributed by atoms with Gasteiger partial charge in [0, 0.05) is 11.1 Å². The Bertz CT molecular complexity index is 1780. The summed E-state index contributed by atoms with van der Waals surface area (Å²) in [6.45, 7) is -6.30. The summed E-state index contributed by atoms with van der Waals surface area (Å²) in [7, 11) is -2.33. The molecule has 0 heterocycles. The van der Waals surface area contributed by atoms with Crippen molar-refractivity contribution in [3.05, 3.63) is 125 Å². The van der Waals surface area contributed by atoms with Gasteiger partial charge in [-0.15, -0.1) is 0 Å². The molecule has 0 aliphatic carbocycles. The molecule has 0 spiro atoms. The van der Waals surface area contributed by atoms with E-state index in [2.05, 4.69) is 41.5 Å². The summed E-state index contributed by atoms with van der Waals surface area (Å²) >= 11 is 0. The lowest BCUT2D eigenvalue weighted by molar-refractivity contribution is 0.377. The highest BCUT2D eigenvalue weighted by molar-refractivity contribution is 8.06. The van der Waals surface area contributed by atoms with E-state index in [9.17, 15) is 39.1 Å². The van der Waals surface area contributed by atoms with Crippen LogP contribution < -0.4 is 5.46 Å². The SMILES string of the molecule is C[S+](=O)(C#Cc1ccccc1)Cc1c2ccccc2cc2ccccc12.Fc1c(F)c(F)c([B-](F)(F)F)c(F)c1F. The van der Waals surface area contributed by atoms with Crippen molar-refractivity contribution in [3.8, 4) is 11.2 Å². The number of halogens is 8. The molecular formula is C30H19BF8OS. The van der Waals surface area contributed by atoms with E-state index in [0.717, 1.165) is 21.9 Å². The summed E-state index contributed by atoms with van der Waals surface area (Å²) in [5.41, 5.74) is -0.718.